The molecule has 1 fully saturated rings. The number of carbonyl (C=O) groups excluding carboxylic acids is 1. The summed E-state index contributed by atoms with van der Waals surface area (Å²) in [7, 11) is 1.62. The first-order valence-electron chi connectivity index (χ1n) is 7.79. The summed E-state index contributed by atoms with van der Waals surface area (Å²) < 4.78 is 11.0. The lowest BCUT2D eigenvalue weighted by Gasteiger charge is -2.34. The number of rotatable bonds is 3. The van der Waals surface area contributed by atoms with Crippen LogP contribution in [0.25, 0.3) is 0 Å². The highest BCUT2D eigenvalue weighted by Gasteiger charge is 2.26. The molecule has 4 heteroatoms. The summed E-state index contributed by atoms with van der Waals surface area (Å²) in [5, 5.41) is 0. The van der Waals surface area contributed by atoms with Crippen LogP contribution in [0.4, 0.5) is 0 Å². The third-order valence-corrected chi connectivity index (χ3v) is 4.23. The van der Waals surface area contributed by atoms with E-state index < -0.39 is 0 Å². The van der Waals surface area contributed by atoms with E-state index in [1.807, 2.05) is 29.2 Å². The summed E-state index contributed by atoms with van der Waals surface area (Å²) in [6.45, 7) is 3.83. The minimum Gasteiger partial charge on any atom is -0.497 e. The van der Waals surface area contributed by atoms with Crippen molar-refractivity contribution in [2.24, 2.45) is 0 Å². The number of nitrogens with zero attached hydrogens (tertiary/aromatic N) is 1. The van der Waals surface area contributed by atoms with Gasteiger partial charge in [0.2, 0.25) is 0 Å². The summed E-state index contributed by atoms with van der Waals surface area (Å²) in [4.78, 5) is 14.6. The van der Waals surface area contributed by atoms with Crippen LogP contribution in [0.1, 0.15) is 27.6 Å². The van der Waals surface area contributed by atoms with Crippen LogP contribution < -0.4 is 4.74 Å². The molecule has 1 amide bonds. The van der Waals surface area contributed by atoms with Crippen molar-refractivity contribution in [1.82, 2.24) is 4.90 Å². The second-order valence-corrected chi connectivity index (χ2v) is 5.70. The number of hydrogen-bond donors (Lipinski definition) is 0. The number of aryl methyl sites for hydroxylation is 1. The zero-order chi connectivity index (χ0) is 16.2. The lowest BCUT2D eigenvalue weighted by atomic mass is 10.0. The van der Waals surface area contributed by atoms with Crippen molar-refractivity contribution < 1.29 is 14.3 Å². The number of hydrogen-bond acceptors (Lipinski definition) is 3. The molecular formula is C19H21NO3. The molecule has 4 nitrogen and oxygen atoms in total. The summed E-state index contributed by atoms with van der Waals surface area (Å²) in [6, 6.07) is 15.4. The van der Waals surface area contributed by atoms with Gasteiger partial charge in [0.05, 0.1) is 20.3 Å². The third kappa shape index (κ3) is 3.37. The molecule has 1 atom stereocenters. The molecule has 23 heavy (non-hydrogen) atoms. The van der Waals surface area contributed by atoms with E-state index in [4.69, 9.17) is 9.47 Å². The highest BCUT2D eigenvalue weighted by atomic mass is 16.5. The molecule has 0 saturated carbocycles. The first-order chi connectivity index (χ1) is 11.2. The Morgan fingerprint density at radius 1 is 1.17 bits per heavy atom. The molecule has 1 heterocycles. The van der Waals surface area contributed by atoms with E-state index in [2.05, 4.69) is 19.1 Å². The fraction of sp³-hybridized carbons (Fsp3) is 0.316. The molecule has 3 rings (SSSR count). The molecule has 0 radical (unpaired) electrons. The van der Waals surface area contributed by atoms with Crippen LogP contribution in [0.3, 0.4) is 0 Å². The van der Waals surface area contributed by atoms with Gasteiger partial charge in [-0.1, -0.05) is 24.3 Å². The maximum absolute atomic E-state index is 12.7. The quantitative estimate of drug-likeness (QED) is 0.873. The predicted octanol–water partition coefficient (Wildman–Crippen LogP) is 3.22. The normalized spacial score (nSPS) is 17.8. The van der Waals surface area contributed by atoms with E-state index in [9.17, 15) is 4.79 Å². The van der Waals surface area contributed by atoms with Crippen molar-refractivity contribution in [1.29, 1.82) is 0 Å². The molecule has 1 aliphatic heterocycles. The number of amides is 1. The highest BCUT2D eigenvalue weighted by Crippen LogP contribution is 2.26. The average molecular weight is 311 g/mol. The number of benzene rings is 2. The number of carbonyl (C=O) groups is 1. The van der Waals surface area contributed by atoms with E-state index in [1.54, 1.807) is 19.2 Å². The Bertz CT molecular complexity index is 681. The van der Waals surface area contributed by atoms with Gasteiger partial charge in [0, 0.05) is 12.1 Å². The van der Waals surface area contributed by atoms with E-state index in [0.717, 1.165) is 11.3 Å². The van der Waals surface area contributed by atoms with Gasteiger partial charge in [0.1, 0.15) is 11.9 Å². The van der Waals surface area contributed by atoms with Gasteiger partial charge in [0.25, 0.3) is 5.91 Å². The topological polar surface area (TPSA) is 38.8 Å². The van der Waals surface area contributed by atoms with Gasteiger partial charge in [-0.15, -0.1) is 0 Å². The van der Waals surface area contributed by atoms with E-state index in [0.29, 0.717) is 25.3 Å². The Labute approximate surface area is 136 Å². The molecule has 1 unspecified atom stereocenters. The van der Waals surface area contributed by atoms with Crippen LogP contribution in [0.5, 0.6) is 5.75 Å². The summed E-state index contributed by atoms with van der Waals surface area (Å²) in [5.41, 5.74) is 3.02. The standard InChI is InChI=1S/C19H21NO3/c1-14-5-3-4-6-17(14)18-13-20(11-12-23-18)19(21)15-7-9-16(22-2)10-8-15/h3-10,18H,11-13H2,1-2H3. The van der Waals surface area contributed by atoms with Crippen LogP contribution in [0.2, 0.25) is 0 Å². The van der Waals surface area contributed by atoms with Gasteiger partial charge < -0.3 is 14.4 Å². The number of methoxy groups -OCH3 is 1. The molecule has 0 bridgehead atoms. The molecular weight excluding hydrogens is 290 g/mol. The number of morpholine rings is 1. The lowest BCUT2D eigenvalue weighted by Crippen LogP contribution is -2.42. The summed E-state index contributed by atoms with van der Waals surface area (Å²) in [6.07, 6.45) is -0.0628. The second kappa shape index (κ2) is 6.84. The van der Waals surface area contributed by atoms with E-state index in [1.165, 1.54) is 5.56 Å². The molecule has 0 aliphatic carbocycles. The lowest BCUT2D eigenvalue weighted by molar-refractivity contribution is -0.0230. The Morgan fingerprint density at radius 2 is 1.91 bits per heavy atom. The zero-order valence-corrected chi connectivity index (χ0v) is 13.5. The second-order valence-electron chi connectivity index (χ2n) is 5.70. The van der Waals surface area contributed by atoms with Gasteiger partial charge >= 0.3 is 0 Å². The molecule has 1 saturated heterocycles. The van der Waals surface area contributed by atoms with Gasteiger partial charge in [-0.05, 0) is 42.3 Å². The first kappa shape index (κ1) is 15.6. The molecule has 0 spiro atoms. The Hall–Kier alpha value is -2.33. The minimum absolute atomic E-state index is 0.0366. The smallest absolute Gasteiger partial charge is 0.254 e. The summed E-state index contributed by atoms with van der Waals surface area (Å²) in [5.74, 6) is 0.788. The summed E-state index contributed by atoms with van der Waals surface area (Å²) >= 11 is 0. The Morgan fingerprint density at radius 3 is 2.61 bits per heavy atom. The zero-order valence-electron chi connectivity index (χ0n) is 13.5. The minimum atomic E-state index is -0.0628. The Kier molecular flexibility index (Phi) is 4.63. The van der Waals surface area contributed by atoms with Crippen LogP contribution in [0.15, 0.2) is 48.5 Å². The maximum Gasteiger partial charge on any atom is 0.254 e. The predicted molar refractivity (Wildman–Crippen MR) is 88.8 cm³/mol. The SMILES string of the molecule is COc1ccc(C(=O)N2CCOC(c3ccccc3C)C2)cc1. The van der Waals surface area contributed by atoms with Crippen LogP contribution >= 0.6 is 0 Å². The van der Waals surface area contributed by atoms with Gasteiger partial charge in [-0.25, -0.2) is 0 Å². The third-order valence-electron chi connectivity index (χ3n) is 4.23. The van der Waals surface area contributed by atoms with Crippen molar-refractivity contribution in [2.75, 3.05) is 26.8 Å². The fourth-order valence-electron chi connectivity index (χ4n) is 2.89. The molecule has 2 aromatic rings. The largest absolute Gasteiger partial charge is 0.497 e. The highest BCUT2D eigenvalue weighted by molar-refractivity contribution is 5.94. The van der Waals surface area contributed by atoms with Gasteiger partial charge in [-0.2, -0.15) is 0 Å². The maximum atomic E-state index is 12.7. The Balaban J connectivity index is 1.75. The number of ether oxygens (including phenoxy) is 2. The van der Waals surface area contributed by atoms with Gasteiger partial charge in [-0.3, -0.25) is 4.79 Å². The van der Waals surface area contributed by atoms with E-state index in [-0.39, 0.29) is 12.0 Å². The first-order valence-corrected chi connectivity index (χ1v) is 7.79. The van der Waals surface area contributed by atoms with Gasteiger partial charge in [0.15, 0.2) is 0 Å². The van der Waals surface area contributed by atoms with Crippen LogP contribution in [-0.4, -0.2) is 37.6 Å². The van der Waals surface area contributed by atoms with E-state index >= 15 is 0 Å². The molecule has 0 aromatic heterocycles. The van der Waals surface area contributed by atoms with Crippen molar-refractivity contribution in [3.8, 4) is 5.75 Å². The molecule has 0 N–H and O–H groups in total. The van der Waals surface area contributed by atoms with Crippen molar-refractivity contribution in [3.05, 3.63) is 65.2 Å². The van der Waals surface area contributed by atoms with Crippen molar-refractivity contribution in [3.63, 3.8) is 0 Å². The van der Waals surface area contributed by atoms with Crippen LogP contribution in [0, 0.1) is 6.92 Å². The van der Waals surface area contributed by atoms with Crippen molar-refractivity contribution in [2.45, 2.75) is 13.0 Å². The molecule has 120 valence electrons. The molecule has 1 aliphatic rings. The van der Waals surface area contributed by atoms with Crippen LogP contribution in [-0.2, 0) is 4.74 Å². The monoisotopic (exact) mass is 311 g/mol. The fourth-order valence-corrected chi connectivity index (χ4v) is 2.89. The average Bonchev–Trinajstić information content (AvgIpc) is 2.62. The van der Waals surface area contributed by atoms with Crippen molar-refractivity contribution >= 4 is 5.91 Å². The molecule has 2 aromatic carbocycles.